The summed E-state index contributed by atoms with van der Waals surface area (Å²) in [4.78, 5) is 52.8. The Morgan fingerprint density at radius 3 is 2.13 bits per heavy atom. The van der Waals surface area contributed by atoms with Crippen LogP contribution in [0.2, 0.25) is 0 Å². The Bertz CT molecular complexity index is 1440. The van der Waals surface area contributed by atoms with E-state index in [0.29, 0.717) is 24.0 Å². The molecule has 2 aliphatic carbocycles. The Kier molecular flexibility index (Phi) is 5.86. The number of carbonyl (C=O) groups excluding carboxylic acids is 4. The monoisotopic (exact) mass is 568 g/mol. The highest BCUT2D eigenvalue weighted by molar-refractivity contribution is 6.53. The summed E-state index contributed by atoms with van der Waals surface area (Å²) in [6, 6.07) is 12.8. The molecule has 2 saturated heterocycles. The van der Waals surface area contributed by atoms with Crippen LogP contribution in [-0.4, -0.2) is 67.0 Å². The van der Waals surface area contributed by atoms with E-state index in [9.17, 15) is 29.4 Å². The van der Waals surface area contributed by atoms with Crippen LogP contribution in [-0.2, 0) is 25.6 Å². The van der Waals surface area contributed by atoms with Gasteiger partial charge in [0.05, 0.1) is 11.8 Å². The smallest absolute Gasteiger partial charge is 0.253 e. The maximum Gasteiger partial charge on any atom is 0.253 e. The molecule has 2 aromatic carbocycles. The van der Waals surface area contributed by atoms with E-state index in [4.69, 9.17) is 23.2 Å². The highest BCUT2D eigenvalue weighted by atomic mass is 35.5. The van der Waals surface area contributed by atoms with Crippen molar-refractivity contribution in [1.29, 1.82) is 0 Å². The molecule has 0 aromatic heterocycles. The predicted octanol–water partition coefficient (Wildman–Crippen LogP) is 3.33. The van der Waals surface area contributed by atoms with E-state index in [1.54, 1.807) is 36.4 Å². The van der Waals surface area contributed by atoms with Crippen molar-refractivity contribution in [2.45, 2.75) is 34.9 Å². The Balaban J connectivity index is 1.39. The maximum atomic E-state index is 13.8. The van der Waals surface area contributed by atoms with Crippen molar-refractivity contribution in [3.63, 3.8) is 0 Å². The second-order valence-corrected chi connectivity index (χ2v) is 12.1. The molecule has 10 heteroatoms. The largest absolute Gasteiger partial charge is 0.508 e. The van der Waals surface area contributed by atoms with E-state index in [1.807, 2.05) is 6.08 Å². The highest BCUT2D eigenvalue weighted by Crippen LogP contribution is 2.65. The summed E-state index contributed by atoms with van der Waals surface area (Å²) in [5.74, 6) is -4.43. The van der Waals surface area contributed by atoms with Gasteiger partial charge in [0.15, 0.2) is 9.75 Å². The molecule has 2 heterocycles. The van der Waals surface area contributed by atoms with E-state index < -0.39 is 45.2 Å². The van der Waals surface area contributed by atoms with Gasteiger partial charge in [-0.05, 0) is 60.6 Å². The Hall–Kier alpha value is -3.36. The van der Waals surface area contributed by atoms with Crippen molar-refractivity contribution in [3.05, 3.63) is 71.3 Å². The number of fused-ring (bicyclic) bond motifs is 4. The van der Waals surface area contributed by atoms with Crippen LogP contribution in [0.4, 0.5) is 0 Å². The van der Waals surface area contributed by atoms with Gasteiger partial charge in [-0.25, -0.2) is 0 Å². The van der Waals surface area contributed by atoms with Crippen molar-refractivity contribution in [2.75, 3.05) is 13.6 Å². The summed E-state index contributed by atoms with van der Waals surface area (Å²) < 4.78 is 0. The van der Waals surface area contributed by atoms with Gasteiger partial charge in [-0.2, -0.15) is 0 Å². The second kappa shape index (κ2) is 8.83. The van der Waals surface area contributed by atoms with Gasteiger partial charge in [-0.1, -0.05) is 35.9 Å². The van der Waals surface area contributed by atoms with Crippen LogP contribution in [0, 0.1) is 17.8 Å². The number of phenols is 2. The van der Waals surface area contributed by atoms with Gasteiger partial charge in [-0.15, -0.1) is 23.2 Å². The zero-order valence-corrected chi connectivity index (χ0v) is 22.5. The summed E-state index contributed by atoms with van der Waals surface area (Å²) in [6.07, 6.45) is 2.56. The van der Waals surface area contributed by atoms with Crippen LogP contribution in [0.3, 0.4) is 0 Å². The average Bonchev–Trinajstić information content (AvgIpc) is 3.23. The molecule has 202 valence electrons. The standard InChI is InChI=1S/C29H26Cl2N2O6/c1-32-26(38)28(30)14-21-19(23(29(28,31)27(32)39)16-4-8-18(35)9-5-16)10-11-20-22(21)25(37)33(24(20)36)13-12-15-2-6-17(34)7-3-15/h2-10,20-23,34-35H,11-14H2,1H3/t20-,21+,22-,23-,28+,29-/m0/s1. The van der Waals surface area contributed by atoms with Gasteiger partial charge in [0.2, 0.25) is 11.8 Å². The quantitative estimate of drug-likeness (QED) is 0.332. The van der Waals surface area contributed by atoms with Crippen LogP contribution in [0.15, 0.2) is 60.2 Å². The number of benzene rings is 2. The molecule has 1 saturated carbocycles. The molecule has 4 amide bonds. The van der Waals surface area contributed by atoms with E-state index in [0.717, 1.165) is 10.5 Å². The lowest BCUT2D eigenvalue weighted by Gasteiger charge is -2.50. The normalized spacial score (nSPS) is 33.7. The van der Waals surface area contributed by atoms with Gasteiger partial charge in [0, 0.05) is 19.5 Å². The number of halogens is 2. The number of rotatable bonds is 4. The molecular formula is C29H26Cl2N2O6. The first-order valence-electron chi connectivity index (χ1n) is 12.8. The van der Waals surface area contributed by atoms with Crippen molar-refractivity contribution in [2.24, 2.45) is 17.8 Å². The van der Waals surface area contributed by atoms with Crippen LogP contribution in [0.1, 0.15) is 29.9 Å². The van der Waals surface area contributed by atoms with Crippen molar-refractivity contribution < 1.29 is 29.4 Å². The minimum atomic E-state index is -1.84. The number of alkyl halides is 2. The number of nitrogens with zero attached hydrogens (tertiary/aromatic N) is 2. The van der Waals surface area contributed by atoms with E-state index >= 15 is 0 Å². The number of aromatic hydroxyl groups is 2. The molecule has 2 aromatic rings. The van der Waals surface area contributed by atoms with Crippen LogP contribution in [0.25, 0.3) is 0 Å². The molecule has 0 unspecified atom stereocenters. The Labute approximate surface area is 234 Å². The number of amides is 4. The number of phenolic OH excluding ortho intramolecular Hbond substituents is 2. The van der Waals surface area contributed by atoms with Crippen LogP contribution < -0.4 is 0 Å². The number of carbonyl (C=O) groups is 4. The van der Waals surface area contributed by atoms with Crippen molar-refractivity contribution in [1.82, 2.24) is 9.80 Å². The van der Waals surface area contributed by atoms with Crippen molar-refractivity contribution in [3.8, 4) is 11.5 Å². The number of allylic oxidation sites excluding steroid dienone is 2. The van der Waals surface area contributed by atoms with Gasteiger partial charge in [-0.3, -0.25) is 29.0 Å². The average molecular weight is 569 g/mol. The molecule has 8 nitrogen and oxygen atoms in total. The third kappa shape index (κ3) is 3.50. The first-order valence-corrected chi connectivity index (χ1v) is 13.6. The molecular weight excluding hydrogens is 543 g/mol. The number of imide groups is 2. The molecule has 2 aliphatic heterocycles. The fraction of sp³-hybridized carbons (Fsp3) is 0.379. The third-order valence-electron chi connectivity index (χ3n) is 8.89. The third-order valence-corrected chi connectivity index (χ3v) is 10.3. The molecule has 0 bridgehead atoms. The second-order valence-electron chi connectivity index (χ2n) is 10.8. The molecule has 0 radical (unpaired) electrons. The van der Waals surface area contributed by atoms with Gasteiger partial charge in [0.25, 0.3) is 11.8 Å². The topological polar surface area (TPSA) is 115 Å². The fourth-order valence-electron chi connectivity index (χ4n) is 6.97. The molecule has 6 atom stereocenters. The lowest BCUT2D eigenvalue weighted by Crippen LogP contribution is -2.60. The first kappa shape index (κ1) is 25.9. The first-order chi connectivity index (χ1) is 18.5. The van der Waals surface area contributed by atoms with E-state index in [1.165, 1.54) is 24.1 Å². The van der Waals surface area contributed by atoms with Crippen LogP contribution >= 0.6 is 23.2 Å². The summed E-state index contributed by atoms with van der Waals surface area (Å²) in [6.45, 7) is 0.185. The molecule has 3 fully saturated rings. The zero-order chi connectivity index (χ0) is 27.9. The summed E-state index contributed by atoms with van der Waals surface area (Å²) >= 11 is 14.2. The highest BCUT2D eigenvalue weighted by Gasteiger charge is 2.75. The summed E-state index contributed by atoms with van der Waals surface area (Å²) in [7, 11) is 1.35. The maximum absolute atomic E-state index is 13.8. The lowest BCUT2D eigenvalue weighted by atomic mass is 9.56. The molecule has 6 rings (SSSR count). The van der Waals surface area contributed by atoms with E-state index in [-0.39, 0.29) is 36.3 Å². The number of hydrogen-bond acceptors (Lipinski definition) is 6. The zero-order valence-electron chi connectivity index (χ0n) is 21.0. The number of likely N-dealkylation sites (tertiary alicyclic amines) is 2. The lowest BCUT2D eigenvalue weighted by molar-refractivity contribution is -0.141. The SMILES string of the molecule is CN1C(=O)[C@]2(Cl)C[C@@H]3C(=CC[C@@H]4C(=O)N(CCc5ccc(O)cc5)C(=O)[C@@H]43)[C@H](c3ccc(O)cc3)[C@]2(Cl)C1=O. The molecule has 2 N–H and O–H groups in total. The van der Waals surface area contributed by atoms with E-state index in [2.05, 4.69) is 0 Å². The van der Waals surface area contributed by atoms with Crippen molar-refractivity contribution >= 4 is 46.8 Å². The fourth-order valence-corrected chi connectivity index (χ4v) is 7.99. The molecule has 0 spiro atoms. The van der Waals surface area contributed by atoms with Crippen LogP contribution in [0.5, 0.6) is 11.5 Å². The minimum absolute atomic E-state index is 0.0244. The number of hydrogen-bond donors (Lipinski definition) is 2. The molecule has 4 aliphatic rings. The summed E-state index contributed by atoms with van der Waals surface area (Å²) in [5, 5.41) is 19.4. The summed E-state index contributed by atoms with van der Waals surface area (Å²) in [5.41, 5.74) is 2.17. The predicted molar refractivity (Wildman–Crippen MR) is 142 cm³/mol. The van der Waals surface area contributed by atoms with Gasteiger partial charge in [0.1, 0.15) is 11.5 Å². The van der Waals surface area contributed by atoms with Gasteiger partial charge < -0.3 is 10.2 Å². The Morgan fingerprint density at radius 1 is 0.872 bits per heavy atom. The minimum Gasteiger partial charge on any atom is -0.508 e. The van der Waals surface area contributed by atoms with Gasteiger partial charge >= 0.3 is 0 Å². The Morgan fingerprint density at radius 2 is 1.49 bits per heavy atom. The molecule has 39 heavy (non-hydrogen) atoms.